The number of carbonyl (C=O) groups is 19. The van der Waals surface area contributed by atoms with Gasteiger partial charge in [0.25, 0.3) is 0 Å². The molecule has 5 rings (SSSR count). The molecule has 0 bridgehead atoms. The Morgan fingerprint density at radius 2 is 1.20 bits per heavy atom. The molecule has 804 valence electrons. The lowest BCUT2D eigenvalue weighted by molar-refractivity contribution is -0.143. The van der Waals surface area contributed by atoms with Gasteiger partial charge < -0.3 is 148 Å². The first-order valence-corrected chi connectivity index (χ1v) is 49.6. The van der Waals surface area contributed by atoms with Crippen molar-refractivity contribution in [1.82, 2.24) is 99.9 Å². The molecule has 49 heteroatoms. The van der Waals surface area contributed by atoms with E-state index in [-0.39, 0.29) is 116 Å². The van der Waals surface area contributed by atoms with Crippen LogP contribution in [0, 0.1) is 5.41 Å². The minimum atomic E-state index is -1.81. The fraction of sp³-hybridized carbons (Fsp3) is 0.615. The van der Waals surface area contributed by atoms with Gasteiger partial charge in [-0.25, -0.2) is 9.78 Å². The van der Waals surface area contributed by atoms with Gasteiger partial charge in [-0.3, -0.25) is 91.7 Å². The second-order valence-electron chi connectivity index (χ2n) is 35.7. The third kappa shape index (κ3) is 49.8. The number of carboxylic acids is 2. The molecule has 4 heterocycles. The largest absolute Gasteiger partial charge is 0.481 e. The van der Waals surface area contributed by atoms with Crippen LogP contribution in [0.5, 0.6) is 0 Å². The molecule has 0 spiro atoms. The monoisotopic (exact) mass is 2040 g/mol. The summed E-state index contributed by atoms with van der Waals surface area (Å²) in [6.45, 7) is 2.31. The maximum atomic E-state index is 15.4. The zero-order valence-corrected chi connectivity index (χ0v) is 82.5. The third-order valence-corrected chi connectivity index (χ3v) is 23.9. The Hall–Kier alpha value is -13.8. The fourth-order valence-electron chi connectivity index (χ4n) is 15.8. The molecule has 2 fully saturated rings. The van der Waals surface area contributed by atoms with Crippen LogP contribution in [0.25, 0.3) is 0 Å². The van der Waals surface area contributed by atoms with Gasteiger partial charge in [0.15, 0.2) is 5.96 Å². The number of nitrogens with one attached hydrogen (secondary N) is 18. The Labute approximate surface area is 842 Å². The average Bonchev–Trinajstić information content (AvgIpc) is 1.67. The lowest BCUT2D eigenvalue weighted by atomic mass is 9.98. The van der Waals surface area contributed by atoms with Gasteiger partial charge in [-0.2, -0.15) is 0 Å². The van der Waals surface area contributed by atoms with Gasteiger partial charge in [0.2, 0.25) is 100 Å². The molecule has 0 saturated carbocycles. The van der Waals surface area contributed by atoms with Crippen molar-refractivity contribution in [1.29, 1.82) is 5.41 Å². The molecule has 2 aromatic rings. The summed E-state index contributed by atoms with van der Waals surface area (Å²) in [4.78, 5) is 268. The van der Waals surface area contributed by atoms with Crippen molar-refractivity contribution in [2.24, 2.45) is 22.9 Å². The number of nitrogens with zero attached hydrogens (tertiary/aromatic N) is 2. The normalized spacial score (nSPS) is 19.4. The van der Waals surface area contributed by atoms with Crippen molar-refractivity contribution in [2.45, 2.75) is 297 Å². The van der Waals surface area contributed by atoms with E-state index in [4.69, 9.17) is 42.9 Å². The first kappa shape index (κ1) is 122. The highest BCUT2D eigenvalue weighted by atomic mass is 16.5. The number of imidazole rings is 1. The number of amides is 17. The maximum Gasteiger partial charge on any atom is 0.326 e. The number of aliphatic carboxylic acids is 2. The quantitative estimate of drug-likeness (QED) is 0.0172. The van der Waals surface area contributed by atoms with E-state index in [1.165, 1.54) is 12.5 Å². The highest BCUT2D eigenvalue weighted by molar-refractivity contribution is 6.01. The van der Waals surface area contributed by atoms with Gasteiger partial charge in [0.05, 0.1) is 57.5 Å². The topological polar surface area (TPSA) is 776 Å². The summed E-state index contributed by atoms with van der Waals surface area (Å²) < 4.78 is 10.7. The zero-order chi connectivity index (χ0) is 106. The van der Waals surface area contributed by atoms with Crippen molar-refractivity contribution in [3.8, 4) is 0 Å². The number of allylic oxidation sites excluding steroid dienone is 4. The number of aliphatic hydroxyl groups excluding tert-OH is 2. The first-order chi connectivity index (χ1) is 69.5. The standard InChI is InChI=1S/C96H150N24O25/c1-3-4-31-66(85(132)115-69-37-39-78(124)104-41-26-24-32-65(84(99)131)111-89(136)71(48-62-53-102-40-25-18-19-28-60(62)2)116-86(133)67(33-27-42-106-96(100)101)112-88(135)70(47-61-29-20-17-21-30-61)118-93(140)76-50-64(122)56-120(76)94(69)141)113-91(138)74(52-97)119-90(137)72(49-63-54-103-59-108-63)117-87(134)68(36-38-77(98)123)114-92(139)75(57-121)110-81(127)55-107-82(128)58-145-46-45-144-44-43-105-80(126)51-73(95(142)143)109-79(125)34-22-15-13-11-9-7-5-6-8-10-12-14-16-23-35-83(129)130/h17-21,25,28-30,53-54,59,64-76,102,121-122H,2-16,22-24,26-27,31-52,55-58,97H2,1H3,(H2,98,123)(H2,99,131)(H,103,108)(H,104,124)(H,105,126)(H,107,128)(H,109,125)(H,110,127)(H,111,136)(H,112,135)(H,113,138)(H,114,139)(H,115,132)(H,116,133)(H,117,134)(H,118,140)(H,119,137)(H,129,130)(H,142,143)(H4,100,101,106)/b25-18-,28-19-,62-53?/t64-,65+,66+,67+,68+,69+,70-,71+,72+,73+,74+,75+,76+/m1/s1. The molecular formula is C96H150N24O25. The Bertz CT molecular complexity index is 4660. The number of rotatable bonds is 61. The van der Waals surface area contributed by atoms with Gasteiger partial charge >= 0.3 is 11.9 Å². The number of nitrogens with two attached hydrogens (primary N) is 4. The third-order valence-electron chi connectivity index (χ3n) is 23.9. The number of primary amides is 2. The number of H-pyrrole nitrogens is 1. The number of aromatic nitrogens is 2. The Balaban J connectivity index is 1.22. The number of benzene rings is 1. The number of unbranched alkanes of at least 4 members (excludes halogenated alkanes) is 14. The molecule has 17 amide bonds. The van der Waals surface area contributed by atoms with Gasteiger partial charge in [-0.05, 0) is 80.9 Å². The van der Waals surface area contributed by atoms with E-state index in [0.717, 1.165) is 88.4 Å². The van der Waals surface area contributed by atoms with Crippen LogP contribution in [0.15, 0.2) is 91.1 Å². The number of fused-ring (bicyclic) bond motifs is 1. The highest BCUT2D eigenvalue weighted by Gasteiger charge is 2.45. The number of carboxylic acid groups (broad SMARTS) is 2. The molecule has 30 N–H and O–H groups in total. The summed E-state index contributed by atoms with van der Waals surface area (Å²) >= 11 is 0. The van der Waals surface area contributed by atoms with Crippen LogP contribution in [0.3, 0.4) is 0 Å². The van der Waals surface area contributed by atoms with Crippen LogP contribution >= 0.6 is 0 Å². The summed E-state index contributed by atoms with van der Waals surface area (Å²) in [5, 5.41) is 89.1. The van der Waals surface area contributed by atoms with Crippen LogP contribution in [0.2, 0.25) is 0 Å². The van der Waals surface area contributed by atoms with Crippen molar-refractivity contribution in [3.05, 3.63) is 102 Å². The minimum absolute atomic E-state index is 0.0315. The number of carbonyl (C=O) groups excluding carboxylic acids is 17. The summed E-state index contributed by atoms with van der Waals surface area (Å²) in [5.41, 5.74) is 24.7. The number of hydrogen-bond donors (Lipinski definition) is 26. The van der Waals surface area contributed by atoms with E-state index in [1.807, 2.05) is 6.08 Å². The van der Waals surface area contributed by atoms with Crippen molar-refractivity contribution in [2.75, 3.05) is 78.8 Å². The summed E-state index contributed by atoms with van der Waals surface area (Å²) in [5.74, 6) is -18.3. The number of aliphatic hydroxyl groups is 2. The van der Waals surface area contributed by atoms with E-state index in [0.29, 0.717) is 36.1 Å². The second-order valence-corrected chi connectivity index (χ2v) is 35.7. The van der Waals surface area contributed by atoms with Crippen molar-refractivity contribution < 1.29 is 121 Å². The highest BCUT2D eigenvalue weighted by Crippen LogP contribution is 2.24. The number of guanidine groups is 1. The van der Waals surface area contributed by atoms with Crippen LogP contribution in [0.1, 0.15) is 217 Å². The number of hydrogen-bond acceptors (Lipinski definition) is 27. The lowest BCUT2D eigenvalue weighted by Gasteiger charge is -2.31. The molecule has 0 aliphatic carbocycles. The summed E-state index contributed by atoms with van der Waals surface area (Å²) in [6, 6.07) is -10.8. The van der Waals surface area contributed by atoms with E-state index in [1.54, 1.807) is 61.7 Å². The van der Waals surface area contributed by atoms with Crippen molar-refractivity contribution >= 4 is 118 Å². The molecule has 0 radical (unpaired) electrons. The molecule has 0 unspecified atom stereocenters. The summed E-state index contributed by atoms with van der Waals surface area (Å²) in [6.07, 6.45) is 21.0. The molecular weight excluding hydrogens is 1890 g/mol. The molecule has 3 aliphatic heterocycles. The maximum absolute atomic E-state index is 15.4. The van der Waals surface area contributed by atoms with Gasteiger partial charge in [0.1, 0.15) is 79.1 Å². The SMILES string of the molecule is C=C1/C=C\C=C/CNC=C1C[C@@H]1NC(=O)[C@H](CCCNC(=N)N)NC(=O)[C@@H](Cc2ccccc2)NC(=O)[C@@H]2C[C@@H](O)CN2C(=O)[C@@H](NC(=O)[C@H](CCCC)NC(=O)[C@H](CN)NC(=O)[C@H](Cc2c[nH]cn2)NC(=O)[C@H](CCC(N)=O)NC(=O)[C@H](CO)NC(=O)CNC(=O)COCCOCCNC(=O)C[C@H](NC(=O)CCCCCCCCCCCCCCCCC(=O)O)C(=O)O)CCC(=O)NCCCC[C@@H](C(N)=O)NC1=O. The van der Waals surface area contributed by atoms with Gasteiger partial charge in [-0.1, -0.05) is 158 Å². The van der Waals surface area contributed by atoms with Crippen LogP contribution in [-0.2, 0) is 113 Å². The molecule has 3 aliphatic rings. The smallest absolute Gasteiger partial charge is 0.326 e. The summed E-state index contributed by atoms with van der Waals surface area (Å²) in [7, 11) is 0. The fourth-order valence-corrected chi connectivity index (χ4v) is 15.8. The van der Waals surface area contributed by atoms with E-state index in [9.17, 15) is 92.0 Å². The lowest BCUT2D eigenvalue weighted by Crippen LogP contribution is -2.62. The van der Waals surface area contributed by atoms with E-state index in [2.05, 4.69) is 102 Å². The predicted molar refractivity (Wildman–Crippen MR) is 528 cm³/mol. The molecule has 1 aromatic carbocycles. The molecule has 13 atom stereocenters. The number of ether oxygens (including phenoxy) is 2. The molecule has 145 heavy (non-hydrogen) atoms. The average molecular weight is 2040 g/mol. The van der Waals surface area contributed by atoms with Crippen LogP contribution in [-0.4, -0.2) is 311 Å². The van der Waals surface area contributed by atoms with Crippen LogP contribution < -0.4 is 108 Å². The van der Waals surface area contributed by atoms with Gasteiger partial charge in [0, 0.05) is 103 Å². The van der Waals surface area contributed by atoms with Gasteiger partial charge in [-0.15, -0.1) is 0 Å². The Morgan fingerprint density at radius 3 is 1.83 bits per heavy atom. The molecule has 1 aromatic heterocycles. The van der Waals surface area contributed by atoms with Crippen molar-refractivity contribution in [3.63, 3.8) is 0 Å². The molecule has 2 saturated heterocycles. The Morgan fingerprint density at radius 1 is 0.600 bits per heavy atom. The minimum Gasteiger partial charge on any atom is -0.481 e. The van der Waals surface area contributed by atoms with E-state index < -0.39 is 275 Å². The zero-order valence-electron chi connectivity index (χ0n) is 82.5. The number of aromatic amines is 1. The second kappa shape index (κ2) is 69.2. The Kier molecular flexibility index (Phi) is 58.1. The predicted octanol–water partition coefficient (Wildman–Crippen LogP) is -3.66. The van der Waals surface area contributed by atoms with E-state index >= 15 is 14.4 Å². The molecule has 49 nitrogen and oxygen atoms in total. The first-order valence-electron chi connectivity index (χ1n) is 49.6. The van der Waals surface area contributed by atoms with Crippen LogP contribution in [0.4, 0.5) is 0 Å².